The second kappa shape index (κ2) is 6.78. The molecule has 0 N–H and O–H groups in total. The first-order chi connectivity index (χ1) is 8.69. The average Bonchev–Trinajstić information content (AvgIpc) is 2.36. The number of benzene rings is 1. The molecule has 18 heavy (non-hydrogen) atoms. The van der Waals surface area contributed by atoms with Gasteiger partial charge in [0.25, 0.3) is 5.69 Å². The van der Waals surface area contributed by atoms with Crippen LogP contribution in [0.5, 0.6) is 5.75 Å². The topological polar surface area (TPSA) is 101 Å². The van der Waals surface area contributed by atoms with Gasteiger partial charge in [-0.05, 0) is 18.5 Å². The zero-order valence-electron chi connectivity index (χ0n) is 9.66. The summed E-state index contributed by atoms with van der Waals surface area (Å²) in [5, 5.41) is 13.9. The lowest BCUT2D eigenvalue weighted by Crippen LogP contribution is -1.96. The maximum atomic E-state index is 10.6. The van der Waals surface area contributed by atoms with Crippen LogP contribution in [-0.4, -0.2) is 18.1 Å². The largest absolute Gasteiger partial charge is 0.493 e. The van der Waals surface area contributed by atoms with E-state index < -0.39 is 4.92 Å². The van der Waals surface area contributed by atoms with Gasteiger partial charge >= 0.3 is 0 Å². The van der Waals surface area contributed by atoms with Gasteiger partial charge in [-0.2, -0.15) is 0 Å². The summed E-state index contributed by atoms with van der Waals surface area (Å²) in [6.07, 6.45) is 0. The van der Waals surface area contributed by atoms with Crippen molar-refractivity contribution in [2.24, 2.45) is 5.11 Å². The fraction of sp³-hybridized carbons (Fsp3) is 0.273. The number of hydrogen-bond donors (Lipinski definition) is 0. The molecule has 0 amide bonds. The van der Waals surface area contributed by atoms with E-state index in [0.717, 1.165) is 0 Å². The van der Waals surface area contributed by atoms with E-state index in [1.165, 1.54) is 18.2 Å². The highest BCUT2D eigenvalue weighted by atomic mass is 16.6. The normalized spacial score (nSPS) is 8.72. The highest BCUT2D eigenvalue weighted by molar-refractivity contribution is 5.52. The Balaban J connectivity index is 3.08. The summed E-state index contributed by atoms with van der Waals surface area (Å²) in [6, 6.07) is 4.18. The molecule has 0 saturated carbocycles. The summed E-state index contributed by atoms with van der Waals surface area (Å²) in [7, 11) is 0. The average molecular weight is 246 g/mol. The summed E-state index contributed by atoms with van der Waals surface area (Å²) in [6.45, 7) is 2.24. The van der Waals surface area contributed by atoms with Crippen LogP contribution in [0, 0.1) is 22.0 Å². The van der Waals surface area contributed by atoms with Gasteiger partial charge in [0.2, 0.25) is 0 Å². The van der Waals surface area contributed by atoms with Crippen molar-refractivity contribution in [1.82, 2.24) is 0 Å². The van der Waals surface area contributed by atoms with Crippen LogP contribution >= 0.6 is 0 Å². The second-order valence-corrected chi connectivity index (χ2v) is 3.06. The zero-order valence-corrected chi connectivity index (χ0v) is 9.66. The molecule has 0 aromatic heterocycles. The van der Waals surface area contributed by atoms with Crippen molar-refractivity contribution in [3.05, 3.63) is 44.3 Å². The Morgan fingerprint density at radius 3 is 3.00 bits per heavy atom. The fourth-order valence-electron chi connectivity index (χ4n) is 1.21. The van der Waals surface area contributed by atoms with Crippen molar-refractivity contribution in [1.29, 1.82) is 0 Å². The maximum Gasteiger partial charge on any atom is 0.270 e. The highest BCUT2D eigenvalue weighted by Gasteiger charge is 2.09. The van der Waals surface area contributed by atoms with Gasteiger partial charge in [-0.25, -0.2) is 0 Å². The molecule has 0 bridgehead atoms. The van der Waals surface area contributed by atoms with Crippen LogP contribution in [0.1, 0.15) is 12.5 Å². The van der Waals surface area contributed by atoms with Crippen molar-refractivity contribution >= 4 is 5.69 Å². The van der Waals surface area contributed by atoms with Gasteiger partial charge in [0.15, 0.2) is 0 Å². The van der Waals surface area contributed by atoms with Crippen LogP contribution in [0.4, 0.5) is 5.69 Å². The quantitative estimate of drug-likeness (QED) is 0.204. The molecule has 0 spiro atoms. The van der Waals surface area contributed by atoms with Crippen LogP contribution in [-0.2, 0) is 0 Å². The second-order valence-electron chi connectivity index (χ2n) is 3.06. The van der Waals surface area contributed by atoms with Gasteiger partial charge in [-0.3, -0.25) is 10.1 Å². The molecule has 1 aromatic carbocycles. The number of rotatable bonds is 4. The first-order valence-electron chi connectivity index (χ1n) is 5.10. The van der Waals surface area contributed by atoms with Crippen LogP contribution in [0.15, 0.2) is 23.3 Å². The number of nitro benzene ring substituents is 1. The fourth-order valence-corrected chi connectivity index (χ4v) is 1.21. The predicted octanol–water partition coefficient (Wildman–Crippen LogP) is 2.66. The number of nitrogens with zero attached hydrogens (tertiary/aromatic N) is 4. The minimum Gasteiger partial charge on any atom is -0.493 e. The van der Waals surface area contributed by atoms with Gasteiger partial charge in [-0.15, -0.1) is 0 Å². The maximum absolute atomic E-state index is 10.6. The Morgan fingerprint density at radius 2 is 2.39 bits per heavy atom. The minimum atomic E-state index is -0.506. The third-order valence-corrected chi connectivity index (χ3v) is 1.91. The number of ether oxygens (including phenoxy) is 1. The van der Waals surface area contributed by atoms with Crippen molar-refractivity contribution < 1.29 is 9.66 Å². The molecule has 0 unspecified atom stereocenters. The van der Waals surface area contributed by atoms with Crippen molar-refractivity contribution in [2.75, 3.05) is 13.2 Å². The molecule has 7 heteroatoms. The molecule has 0 aliphatic carbocycles. The molecule has 0 atom stereocenters. The Hall–Kier alpha value is -2.71. The Morgan fingerprint density at radius 1 is 1.61 bits per heavy atom. The van der Waals surface area contributed by atoms with E-state index in [1.807, 2.05) is 0 Å². The summed E-state index contributed by atoms with van der Waals surface area (Å²) in [5.41, 5.74) is 8.43. The molecule has 92 valence electrons. The summed E-state index contributed by atoms with van der Waals surface area (Å²) < 4.78 is 5.30. The van der Waals surface area contributed by atoms with Crippen LogP contribution < -0.4 is 4.74 Å². The molecule has 0 radical (unpaired) electrons. The molecule has 0 saturated heterocycles. The summed E-state index contributed by atoms with van der Waals surface area (Å²) in [4.78, 5) is 12.7. The molecule has 1 aromatic rings. The van der Waals surface area contributed by atoms with Gasteiger partial charge in [0, 0.05) is 17.0 Å². The van der Waals surface area contributed by atoms with Crippen molar-refractivity contribution in [2.45, 2.75) is 6.92 Å². The minimum absolute atomic E-state index is 0.00472. The molecule has 7 nitrogen and oxygen atoms in total. The number of non-ortho nitro benzene ring substituents is 1. The lowest BCUT2D eigenvalue weighted by molar-refractivity contribution is -0.384. The van der Waals surface area contributed by atoms with E-state index in [4.69, 9.17) is 10.3 Å². The zero-order chi connectivity index (χ0) is 13.4. The van der Waals surface area contributed by atoms with E-state index in [-0.39, 0.29) is 12.2 Å². The van der Waals surface area contributed by atoms with Crippen molar-refractivity contribution in [3.63, 3.8) is 0 Å². The van der Waals surface area contributed by atoms with E-state index in [2.05, 4.69) is 21.9 Å². The summed E-state index contributed by atoms with van der Waals surface area (Å²) in [5.74, 6) is 5.75. The lowest BCUT2D eigenvalue weighted by Gasteiger charge is -2.04. The first kappa shape index (κ1) is 13.4. The number of nitro groups is 1. The van der Waals surface area contributed by atoms with E-state index in [1.54, 1.807) is 6.92 Å². The van der Waals surface area contributed by atoms with E-state index in [9.17, 15) is 10.1 Å². The highest BCUT2D eigenvalue weighted by Crippen LogP contribution is 2.23. The van der Waals surface area contributed by atoms with Crippen LogP contribution in [0.25, 0.3) is 10.4 Å². The van der Waals surface area contributed by atoms with Gasteiger partial charge < -0.3 is 4.74 Å². The van der Waals surface area contributed by atoms with Crippen LogP contribution in [0.2, 0.25) is 0 Å². The molecule has 0 aliphatic rings. The van der Waals surface area contributed by atoms with Gasteiger partial charge in [-0.1, -0.05) is 17.0 Å². The first-order valence-corrected chi connectivity index (χ1v) is 5.10. The van der Waals surface area contributed by atoms with E-state index in [0.29, 0.717) is 17.9 Å². The van der Waals surface area contributed by atoms with Gasteiger partial charge in [0.05, 0.1) is 23.6 Å². The van der Waals surface area contributed by atoms with E-state index >= 15 is 0 Å². The molecule has 0 heterocycles. The number of azide groups is 1. The Kier molecular flexibility index (Phi) is 5.03. The van der Waals surface area contributed by atoms with Crippen molar-refractivity contribution in [3.8, 4) is 17.6 Å². The smallest absolute Gasteiger partial charge is 0.270 e. The molecular weight excluding hydrogens is 236 g/mol. The molecule has 0 fully saturated rings. The molecular formula is C11H10N4O3. The molecule has 1 rings (SSSR count). The third kappa shape index (κ3) is 3.70. The van der Waals surface area contributed by atoms with Gasteiger partial charge in [0.1, 0.15) is 5.75 Å². The lowest BCUT2D eigenvalue weighted by atomic mass is 10.2. The summed E-state index contributed by atoms with van der Waals surface area (Å²) >= 11 is 0. The Labute approximate surface area is 103 Å². The monoisotopic (exact) mass is 246 g/mol. The SMILES string of the molecule is CCOc1ccc([N+](=O)[O-])cc1C#CCN=[N+]=[N-]. The predicted molar refractivity (Wildman–Crippen MR) is 65.2 cm³/mol. The molecule has 0 aliphatic heterocycles. The standard InChI is InChI=1S/C11H10N4O3/c1-2-18-11-6-5-10(15(16)17)8-9(11)4-3-7-13-14-12/h5-6,8H,2,7H2,1H3. The van der Waals surface area contributed by atoms with Crippen LogP contribution in [0.3, 0.4) is 0 Å². The number of hydrogen-bond acceptors (Lipinski definition) is 4. The third-order valence-electron chi connectivity index (χ3n) is 1.91. The Bertz CT molecular complexity index is 553.